The molecule has 268 valence electrons. The van der Waals surface area contributed by atoms with Crippen LogP contribution in [-0.4, -0.2) is 30.9 Å². The molecule has 10 heteroatoms. The van der Waals surface area contributed by atoms with Crippen molar-refractivity contribution in [3.05, 3.63) is 144 Å². The highest BCUT2D eigenvalue weighted by Crippen LogP contribution is 2.41. The number of rotatable bonds is 14. The Hall–Kier alpha value is -5.12. The van der Waals surface area contributed by atoms with Crippen LogP contribution in [0.15, 0.2) is 107 Å². The first-order valence-electron chi connectivity index (χ1n) is 17.4. The third-order valence-electron chi connectivity index (χ3n) is 8.76. The molecule has 8 nitrogen and oxygen atoms in total. The number of halogens is 1. The van der Waals surface area contributed by atoms with Gasteiger partial charge in [-0.1, -0.05) is 90.9 Å². The van der Waals surface area contributed by atoms with Gasteiger partial charge in [0.1, 0.15) is 18.4 Å². The van der Waals surface area contributed by atoms with E-state index in [2.05, 4.69) is 6.58 Å². The van der Waals surface area contributed by atoms with Gasteiger partial charge in [0.15, 0.2) is 16.3 Å². The third kappa shape index (κ3) is 7.29. The minimum Gasteiger partial charge on any atom is -0.496 e. The van der Waals surface area contributed by atoms with E-state index >= 15 is 0 Å². The monoisotopic (exact) mass is 736 g/mol. The van der Waals surface area contributed by atoms with Gasteiger partial charge in [-0.3, -0.25) is 9.36 Å². The standard InChI is InChI=1S/C42H41ClN2O6S/c1-6-14-28-22-26(23-34(49-8-3)39(28)51-25-29-17-11-13-19-31(29)43)24-35-40(46)45-38(36-30-18-12-10-16-27(30)20-21-33(36)48-5)37(41(47)50-9-4)32(15-7-2)44-42(45)52-35/h6,10-13,16-24,38H,1,7-9,14-15,25H2,2-5H3/b35-24+/t38-/m1/s1. The molecule has 5 aromatic rings. The lowest BCUT2D eigenvalue weighted by atomic mass is 9.90. The lowest BCUT2D eigenvalue weighted by Crippen LogP contribution is -2.40. The van der Waals surface area contributed by atoms with Gasteiger partial charge in [-0.2, -0.15) is 0 Å². The van der Waals surface area contributed by atoms with E-state index in [1.165, 1.54) is 11.3 Å². The van der Waals surface area contributed by atoms with Crippen molar-refractivity contribution in [2.24, 2.45) is 4.99 Å². The summed E-state index contributed by atoms with van der Waals surface area (Å²) in [5, 5.41) is 2.43. The van der Waals surface area contributed by atoms with Gasteiger partial charge in [-0.05, 0) is 73.4 Å². The summed E-state index contributed by atoms with van der Waals surface area (Å²) in [7, 11) is 1.59. The molecule has 0 saturated carbocycles. The van der Waals surface area contributed by atoms with E-state index in [9.17, 15) is 9.59 Å². The zero-order valence-electron chi connectivity index (χ0n) is 29.7. The molecule has 2 heterocycles. The number of thiazole rings is 1. The number of nitrogens with zero attached hydrogens (tertiary/aromatic N) is 2. The van der Waals surface area contributed by atoms with Gasteiger partial charge in [0.25, 0.3) is 5.56 Å². The van der Waals surface area contributed by atoms with E-state index in [0.29, 0.717) is 67.9 Å². The first-order valence-corrected chi connectivity index (χ1v) is 18.6. The van der Waals surface area contributed by atoms with Crippen LogP contribution >= 0.6 is 22.9 Å². The molecule has 1 aromatic heterocycles. The van der Waals surface area contributed by atoms with Gasteiger partial charge in [-0.15, -0.1) is 6.58 Å². The van der Waals surface area contributed by atoms with E-state index in [-0.39, 0.29) is 18.8 Å². The van der Waals surface area contributed by atoms with Crippen molar-refractivity contribution >= 4 is 45.8 Å². The summed E-state index contributed by atoms with van der Waals surface area (Å²) in [4.78, 5) is 34.0. The summed E-state index contributed by atoms with van der Waals surface area (Å²) in [6, 6.07) is 22.3. The van der Waals surface area contributed by atoms with Crippen molar-refractivity contribution in [2.75, 3.05) is 20.3 Å². The number of hydrogen-bond donors (Lipinski definition) is 0. The molecule has 0 N–H and O–H groups in total. The number of methoxy groups -OCH3 is 1. The fourth-order valence-electron chi connectivity index (χ4n) is 6.55. The quantitative estimate of drug-likeness (QED) is 0.0846. The number of esters is 1. The van der Waals surface area contributed by atoms with Crippen LogP contribution in [-0.2, 0) is 22.6 Å². The number of benzene rings is 4. The Labute approximate surface area is 311 Å². The van der Waals surface area contributed by atoms with E-state index in [1.807, 2.05) is 92.7 Å². The average Bonchev–Trinajstić information content (AvgIpc) is 3.45. The van der Waals surface area contributed by atoms with Crippen LogP contribution < -0.4 is 29.1 Å². The Morgan fingerprint density at radius 3 is 2.50 bits per heavy atom. The molecule has 6 rings (SSSR count). The molecule has 0 aliphatic carbocycles. The summed E-state index contributed by atoms with van der Waals surface area (Å²) in [6.45, 7) is 10.5. The summed E-state index contributed by atoms with van der Waals surface area (Å²) in [5.41, 5.74) is 3.79. The Balaban J connectivity index is 1.56. The fourth-order valence-corrected chi connectivity index (χ4v) is 7.76. The lowest BCUT2D eigenvalue weighted by Gasteiger charge is -2.28. The van der Waals surface area contributed by atoms with Gasteiger partial charge < -0.3 is 18.9 Å². The maximum Gasteiger partial charge on any atom is 0.338 e. The second kappa shape index (κ2) is 16.5. The first kappa shape index (κ1) is 36.7. The fraction of sp³-hybridized carbons (Fsp3) is 0.262. The molecular weight excluding hydrogens is 696 g/mol. The van der Waals surface area contributed by atoms with Crippen LogP contribution in [0.1, 0.15) is 61.9 Å². The van der Waals surface area contributed by atoms with Gasteiger partial charge >= 0.3 is 5.97 Å². The summed E-state index contributed by atoms with van der Waals surface area (Å²) in [6.07, 6.45) is 5.41. The molecule has 0 saturated heterocycles. The molecule has 0 amide bonds. The molecular formula is C42H41ClN2O6S. The molecule has 1 aliphatic rings. The van der Waals surface area contributed by atoms with Gasteiger partial charge in [0.2, 0.25) is 0 Å². The van der Waals surface area contributed by atoms with Crippen molar-refractivity contribution in [3.8, 4) is 17.2 Å². The van der Waals surface area contributed by atoms with Crippen molar-refractivity contribution in [2.45, 2.75) is 52.7 Å². The van der Waals surface area contributed by atoms with Crippen molar-refractivity contribution < 1.29 is 23.7 Å². The third-order valence-corrected chi connectivity index (χ3v) is 10.1. The molecule has 1 atom stereocenters. The Bertz CT molecular complexity index is 2360. The largest absolute Gasteiger partial charge is 0.496 e. The van der Waals surface area contributed by atoms with E-state index < -0.39 is 12.0 Å². The van der Waals surface area contributed by atoms with Gasteiger partial charge in [-0.25, -0.2) is 9.79 Å². The molecule has 0 radical (unpaired) electrons. The maximum atomic E-state index is 14.7. The second-order valence-corrected chi connectivity index (χ2v) is 13.5. The van der Waals surface area contributed by atoms with Crippen LogP contribution in [0.25, 0.3) is 16.8 Å². The van der Waals surface area contributed by atoms with E-state index in [4.69, 9.17) is 35.5 Å². The predicted octanol–water partition coefficient (Wildman–Crippen LogP) is 8.10. The smallest absolute Gasteiger partial charge is 0.338 e. The highest BCUT2D eigenvalue weighted by atomic mass is 35.5. The number of carbonyl (C=O) groups excluding carboxylic acids is 1. The lowest BCUT2D eigenvalue weighted by molar-refractivity contribution is -0.139. The number of hydrogen-bond acceptors (Lipinski definition) is 8. The molecule has 0 bridgehead atoms. The molecule has 1 aliphatic heterocycles. The summed E-state index contributed by atoms with van der Waals surface area (Å²) in [5.74, 6) is 1.18. The number of carbonyl (C=O) groups is 1. The van der Waals surface area contributed by atoms with Crippen molar-refractivity contribution in [1.29, 1.82) is 0 Å². The van der Waals surface area contributed by atoms with E-state index in [1.54, 1.807) is 24.7 Å². The van der Waals surface area contributed by atoms with Gasteiger partial charge in [0.05, 0.1) is 36.1 Å². The number of fused-ring (bicyclic) bond motifs is 2. The van der Waals surface area contributed by atoms with Crippen LogP contribution in [0.2, 0.25) is 5.02 Å². The molecule has 52 heavy (non-hydrogen) atoms. The molecule has 4 aromatic carbocycles. The number of aromatic nitrogens is 1. The highest BCUT2D eigenvalue weighted by molar-refractivity contribution is 7.07. The molecule has 0 unspecified atom stereocenters. The van der Waals surface area contributed by atoms with Crippen LogP contribution in [0.4, 0.5) is 0 Å². The van der Waals surface area contributed by atoms with Crippen LogP contribution in [0.5, 0.6) is 17.2 Å². The first-order chi connectivity index (χ1) is 25.3. The summed E-state index contributed by atoms with van der Waals surface area (Å²) < 4.78 is 26.0. The Morgan fingerprint density at radius 2 is 1.77 bits per heavy atom. The highest BCUT2D eigenvalue weighted by Gasteiger charge is 2.37. The van der Waals surface area contributed by atoms with Gasteiger partial charge in [0, 0.05) is 21.7 Å². The molecule has 0 fully saturated rings. The minimum absolute atomic E-state index is 0.179. The summed E-state index contributed by atoms with van der Waals surface area (Å²) >= 11 is 7.70. The van der Waals surface area contributed by atoms with Crippen molar-refractivity contribution in [1.82, 2.24) is 4.57 Å². The SMILES string of the molecule is C=CCc1cc(/C=c2/sc3n(c2=O)[C@H](c2c(OC)ccc4ccccc24)C(C(=O)OCC)=C(CCC)N=3)cc(OCC)c1OCc1ccccc1Cl. The predicted molar refractivity (Wildman–Crippen MR) is 207 cm³/mol. The average molecular weight is 737 g/mol. The van der Waals surface area contributed by atoms with Crippen molar-refractivity contribution in [3.63, 3.8) is 0 Å². The number of ether oxygens (including phenoxy) is 4. The van der Waals surface area contributed by atoms with Crippen LogP contribution in [0, 0.1) is 0 Å². The zero-order chi connectivity index (χ0) is 36.8. The zero-order valence-corrected chi connectivity index (χ0v) is 31.3. The van der Waals surface area contributed by atoms with E-state index in [0.717, 1.165) is 33.9 Å². The normalized spacial score (nSPS) is 14.2. The second-order valence-electron chi connectivity index (χ2n) is 12.1. The molecule has 0 spiro atoms. The number of allylic oxidation sites excluding steroid dienone is 2. The minimum atomic E-state index is -0.837. The van der Waals surface area contributed by atoms with Crippen LogP contribution in [0.3, 0.4) is 0 Å². The topological polar surface area (TPSA) is 88.4 Å². The Morgan fingerprint density at radius 1 is 0.981 bits per heavy atom. The Kier molecular flexibility index (Phi) is 11.6. The maximum absolute atomic E-state index is 14.7.